The van der Waals surface area contributed by atoms with Crippen LogP contribution in [0.2, 0.25) is 0 Å². The lowest BCUT2D eigenvalue weighted by Crippen LogP contribution is -2.46. The van der Waals surface area contributed by atoms with Gasteiger partial charge in [-0.15, -0.1) is 0 Å². The summed E-state index contributed by atoms with van der Waals surface area (Å²) in [5.74, 6) is 0.930. The zero-order valence-electron chi connectivity index (χ0n) is 9.97. The molecule has 1 heterocycles. The lowest BCUT2D eigenvalue weighted by atomic mass is 9.84. The number of hydrogen-bond acceptors (Lipinski definition) is 1. The van der Waals surface area contributed by atoms with Crippen molar-refractivity contribution in [2.24, 2.45) is 5.92 Å². The van der Waals surface area contributed by atoms with Crippen LogP contribution in [0.15, 0.2) is 0 Å². The van der Waals surface area contributed by atoms with E-state index in [-0.39, 0.29) is 11.4 Å². The largest absolute Gasteiger partial charge is 0.337 e. The summed E-state index contributed by atoms with van der Waals surface area (Å²) in [4.78, 5) is 13.6. The molecule has 1 saturated heterocycles. The van der Waals surface area contributed by atoms with Gasteiger partial charge in [-0.3, -0.25) is 4.79 Å². The quantitative estimate of drug-likeness (QED) is 0.681. The average Bonchev–Trinajstić information content (AvgIpc) is 2.48. The topological polar surface area (TPSA) is 20.3 Å². The fourth-order valence-electron chi connectivity index (χ4n) is 2.91. The van der Waals surface area contributed by atoms with Gasteiger partial charge in [-0.05, 0) is 31.6 Å². The minimum absolute atomic E-state index is 0.181. The van der Waals surface area contributed by atoms with E-state index in [0.717, 1.165) is 19.4 Å². The van der Waals surface area contributed by atoms with Crippen LogP contribution in [0.25, 0.3) is 0 Å². The number of rotatable bonds is 3. The fraction of sp³-hybridized carbons (Fsp3) is 0.917. The number of nitrogens with zero attached hydrogens (tertiary/aromatic N) is 1. The van der Waals surface area contributed by atoms with Gasteiger partial charge in [0.25, 0.3) is 0 Å². The second kappa shape index (κ2) is 4.33. The van der Waals surface area contributed by atoms with E-state index in [9.17, 15) is 4.79 Å². The lowest BCUT2D eigenvalue weighted by molar-refractivity contribution is -0.133. The number of carbonyl (C=O) groups excluding carboxylic acids is 1. The van der Waals surface area contributed by atoms with Crippen molar-refractivity contribution >= 4 is 5.91 Å². The summed E-state index contributed by atoms with van der Waals surface area (Å²) in [7, 11) is 0. The number of hydrogen-bond donors (Lipinski definition) is 0. The van der Waals surface area contributed by atoms with Crippen LogP contribution >= 0.6 is 0 Å². The highest BCUT2D eigenvalue weighted by molar-refractivity contribution is 5.74. The maximum absolute atomic E-state index is 11.5. The summed E-state index contributed by atoms with van der Waals surface area (Å²) >= 11 is 0. The molecular weight excluding hydrogens is 174 g/mol. The monoisotopic (exact) mass is 197 g/mol. The predicted octanol–water partition coefficient (Wildman–Crippen LogP) is 2.82. The van der Waals surface area contributed by atoms with Crippen LogP contribution in [-0.4, -0.2) is 22.9 Å². The van der Waals surface area contributed by atoms with E-state index in [1.165, 1.54) is 12.8 Å². The Kier molecular flexibility index (Phi) is 3.57. The Hall–Kier alpha value is -0.530. The minimum Gasteiger partial charge on any atom is -0.337 e. The molecule has 1 fully saturated rings. The van der Waals surface area contributed by atoms with Crippen molar-refractivity contribution in [3.63, 3.8) is 0 Å². The number of carbonyl (C=O) groups is 1. The second-order valence-electron chi connectivity index (χ2n) is 4.95. The predicted molar refractivity (Wildman–Crippen MR) is 59.1 cm³/mol. The zero-order valence-corrected chi connectivity index (χ0v) is 9.97. The molecule has 82 valence electrons. The highest BCUT2D eigenvalue weighted by Crippen LogP contribution is 2.37. The van der Waals surface area contributed by atoms with Gasteiger partial charge in [0.1, 0.15) is 0 Å². The van der Waals surface area contributed by atoms with Gasteiger partial charge >= 0.3 is 0 Å². The second-order valence-corrected chi connectivity index (χ2v) is 4.95. The summed E-state index contributed by atoms with van der Waals surface area (Å²) in [5, 5.41) is 0. The van der Waals surface area contributed by atoms with E-state index in [2.05, 4.69) is 25.7 Å². The normalized spacial score (nSPS) is 27.4. The molecule has 0 aromatic rings. The Labute approximate surface area is 87.7 Å². The molecule has 1 unspecified atom stereocenters. The first-order valence-corrected chi connectivity index (χ1v) is 5.80. The molecule has 1 aliphatic heterocycles. The van der Waals surface area contributed by atoms with Crippen LogP contribution in [0, 0.1) is 5.92 Å². The van der Waals surface area contributed by atoms with Gasteiger partial charge in [0.05, 0.1) is 0 Å². The van der Waals surface area contributed by atoms with Crippen LogP contribution in [0.1, 0.15) is 53.4 Å². The van der Waals surface area contributed by atoms with Crippen LogP contribution in [0.5, 0.6) is 0 Å². The SMILES string of the molecule is CCC1(CC(C)C)CCCN1C(C)=O. The Morgan fingerprint density at radius 3 is 2.57 bits per heavy atom. The Morgan fingerprint density at radius 1 is 1.50 bits per heavy atom. The van der Waals surface area contributed by atoms with E-state index in [0.29, 0.717) is 5.92 Å². The summed E-state index contributed by atoms with van der Waals surface area (Å²) in [5.41, 5.74) is 0.181. The molecule has 0 saturated carbocycles. The van der Waals surface area contributed by atoms with Crippen molar-refractivity contribution in [2.75, 3.05) is 6.54 Å². The van der Waals surface area contributed by atoms with E-state index >= 15 is 0 Å². The van der Waals surface area contributed by atoms with Crippen LogP contribution in [0.3, 0.4) is 0 Å². The third-order valence-electron chi connectivity index (χ3n) is 3.42. The van der Waals surface area contributed by atoms with Crippen molar-refractivity contribution in [3.05, 3.63) is 0 Å². The molecule has 0 radical (unpaired) electrons. The standard InChI is InChI=1S/C12H23NO/c1-5-12(9-10(2)3)7-6-8-13(12)11(4)14/h10H,5-9H2,1-4H3. The van der Waals surface area contributed by atoms with E-state index in [4.69, 9.17) is 0 Å². The molecule has 0 bridgehead atoms. The molecule has 2 nitrogen and oxygen atoms in total. The summed E-state index contributed by atoms with van der Waals surface area (Å²) in [6.45, 7) is 9.37. The maximum atomic E-state index is 11.5. The van der Waals surface area contributed by atoms with Gasteiger partial charge in [-0.25, -0.2) is 0 Å². The molecule has 0 spiro atoms. The van der Waals surface area contributed by atoms with Crippen molar-refractivity contribution in [3.8, 4) is 0 Å². The summed E-state index contributed by atoms with van der Waals surface area (Å²) in [6.07, 6.45) is 4.63. The Morgan fingerprint density at radius 2 is 2.14 bits per heavy atom. The van der Waals surface area contributed by atoms with Crippen molar-refractivity contribution in [2.45, 2.75) is 58.9 Å². The first-order chi connectivity index (χ1) is 6.52. The molecule has 0 N–H and O–H groups in total. The Bertz CT molecular complexity index is 212. The molecule has 1 atom stereocenters. The zero-order chi connectivity index (χ0) is 10.8. The first kappa shape index (κ1) is 11.5. The molecule has 2 heteroatoms. The van der Waals surface area contributed by atoms with Crippen molar-refractivity contribution in [1.29, 1.82) is 0 Å². The van der Waals surface area contributed by atoms with Crippen molar-refractivity contribution < 1.29 is 4.79 Å². The molecule has 0 aliphatic carbocycles. The van der Waals surface area contributed by atoms with Gasteiger partial charge in [0.2, 0.25) is 5.91 Å². The molecular formula is C12H23NO. The fourth-order valence-corrected chi connectivity index (χ4v) is 2.91. The summed E-state index contributed by atoms with van der Waals surface area (Å²) < 4.78 is 0. The highest BCUT2D eigenvalue weighted by atomic mass is 16.2. The van der Waals surface area contributed by atoms with Gasteiger partial charge < -0.3 is 4.90 Å². The molecule has 14 heavy (non-hydrogen) atoms. The summed E-state index contributed by atoms with van der Waals surface area (Å²) in [6, 6.07) is 0. The smallest absolute Gasteiger partial charge is 0.219 e. The molecule has 1 aliphatic rings. The van der Waals surface area contributed by atoms with Crippen LogP contribution < -0.4 is 0 Å². The van der Waals surface area contributed by atoms with Crippen LogP contribution in [-0.2, 0) is 4.79 Å². The highest BCUT2D eigenvalue weighted by Gasteiger charge is 2.40. The third-order valence-corrected chi connectivity index (χ3v) is 3.42. The molecule has 0 aromatic carbocycles. The first-order valence-electron chi connectivity index (χ1n) is 5.80. The van der Waals surface area contributed by atoms with E-state index in [1.54, 1.807) is 6.92 Å². The molecule has 1 rings (SSSR count). The maximum Gasteiger partial charge on any atom is 0.219 e. The van der Waals surface area contributed by atoms with Gasteiger partial charge in [0.15, 0.2) is 0 Å². The average molecular weight is 197 g/mol. The van der Waals surface area contributed by atoms with E-state index < -0.39 is 0 Å². The van der Waals surface area contributed by atoms with E-state index in [1.807, 2.05) is 0 Å². The van der Waals surface area contributed by atoms with Gasteiger partial charge in [-0.1, -0.05) is 20.8 Å². The Balaban J connectivity index is 2.80. The van der Waals surface area contributed by atoms with Gasteiger partial charge in [-0.2, -0.15) is 0 Å². The lowest BCUT2D eigenvalue weighted by Gasteiger charge is -2.39. The third kappa shape index (κ3) is 2.10. The van der Waals surface area contributed by atoms with Crippen LogP contribution in [0.4, 0.5) is 0 Å². The molecule has 1 amide bonds. The molecule has 0 aromatic heterocycles. The van der Waals surface area contributed by atoms with Crippen molar-refractivity contribution in [1.82, 2.24) is 4.90 Å². The van der Waals surface area contributed by atoms with Gasteiger partial charge in [0, 0.05) is 19.0 Å². The number of amides is 1. The minimum atomic E-state index is 0.181. The number of likely N-dealkylation sites (tertiary alicyclic amines) is 1.